The van der Waals surface area contributed by atoms with Crippen molar-refractivity contribution < 1.29 is 76.3 Å². The Labute approximate surface area is 417 Å². The van der Waals surface area contributed by atoms with Gasteiger partial charge in [-0.25, -0.2) is 14.3 Å². The number of rotatable bonds is 19. The van der Waals surface area contributed by atoms with Crippen molar-refractivity contribution in [2.24, 2.45) is 5.92 Å². The average molecular weight is 1010 g/mol. The van der Waals surface area contributed by atoms with Crippen LogP contribution in [0, 0.1) is 19.8 Å². The first-order valence-electron chi connectivity index (χ1n) is 23.7. The van der Waals surface area contributed by atoms with E-state index in [1.807, 2.05) is 0 Å². The Morgan fingerprint density at radius 3 is 2.10 bits per heavy atom. The van der Waals surface area contributed by atoms with E-state index < -0.39 is 109 Å². The maximum Gasteiger partial charge on any atom is 0.407 e. The predicted molar refractivity (Wildman–Crippen MR) is 253 cm³/mol. The third-order valence-corrected chi connectivity index (χ3v) is 11.8. The van der Waals surface area contributed by atoms with Gasteiger partial charge in [0.2, 0.25) is 5.91 Å². The Morgan fingerprint density at radius 1 is 0.861 bits per heavy atom. The first-order valence-corrected chi connectivity index (χ1v) is 23.7. The van der Waals surface area contributed by atoms with Crippen molar-refractivity contribution in [2.45, 2.75) is 155 Å². The number of hydrogen-bond donors (Lipinski definition) is 3. The van der Waals surface area contributed by atoms with Gasteiger partial charge in [0.05, 0.1) is 38.4 Å². The molecule has 1 aromatic heterocycles. The van der Waals surface area contributed by atoms with Gasteiger partial charge in [-0.1, -0.05) is 35.5 Å². The summed E-state index contributed by atoms with van der Waals surface area (Å²) in [5.41, 5.74) is 1.72. The monoisotopic (exact) mass is 1010 g/mol. The highest BCUT2D eigenvalue weighted by atomic mass is 16.7. The summed E-state index contributed by atoms with van der Waals surface area (Å²) >= 11 is 0. The Bertz CT molecular complexity index is 2410. The van der Waals surface area contributed by atoms with E-state index in [9.17, 15) is 38.4 Å². The molecule has 392 valence electrons. The van der Waals surface area contributed by atoms with Crippen molar-refractivity contribution in [3.05, 3.63) is 76.6 Å². The molecule has 6 atom stereocenters. The van der Waals surface area contributed by atoms with Crippen LogP contribution in [-0.2, 0) is 75.1 Å². The third-order valence-electron chi connectivity index (χ3n) is 11.8. The van der Waals surface area contributed by atoms with Crippen molar-refractivity contribution in [3.8, 4) is 5.75 Å². The molecule has 5 rings (SSSR count). The minimum absolute atomic E-state index is 0.0303. The van der Waals surface area contributed by atoms with E-state index in [0.717, 1.165) is 53.6 Å². The van der Waals surface area contributed by atoms with Crippen molar-refractivity contribution in [3.63, 3.8) is 0 Å². The minimum atomic E-state index is -2.41. The van der Waals surface area contributed by atoms with E-state index in [2.05, 4.69) is 26.3 Å². The Balaban J connectivity index is 1.46. The van der Waals surface area contributed by atoms with Crippen molar-refractivity contribution in [1.82, 2.24) is 30.9 Å². The number of nitrogens with zero attached hydrogens (tertiary/aromatic N) is 3. The van der Waals surface area contributed by atoms with Gasteiger partial charge < -0.3 is 53.8 Å². The lowest BCUT2D eigenvalue weighted by Gasteiger charge is -2.48. The fourth-order valence-corrected chi connectivity index (χ4v) is 8.76. The molecule has 2 fully saturated rings. The van der Waals surface area contributed by atoms with Crippen LogP contribution >= 0.6 is 0 Å². The maximum absolute atomic E-state index is 14.2. The zero-order valence-corrected chi connectivity index (χ0v) is 42.4. The highest BCUT2D eigenvalue weighted by Crippen LogP contribution is 2.38. The van der Waals surface area contributed by atoms with E-state index in [4.69, 9.17) is 37.9 Å². The first-order chi connectivity index (χ1) is 33.9. The molecule has 0 radical (unpaired) electrons. The normalized spacial score (nSPS) is 21.7. The highest BCUT2D eigenvalue weighted by molar-refractivity contribution is 5.95. The Hall–Kier alpha value is -6.94. The van der Waals surface area contributed by atoms with Crippen LogP contribution in [0.5, 0.6) is 5.75 Å². The lowest BCUT2D eigenvalue weighted by Crippen LogP contribution is -2.69. The zero-order chi connectivity index (χ0) is 52.9. The number of ether oxygens (including phenoxy) is 8. The summed E-state index contributed by atoms with van der Waals surface area (Å²) in [5.74, 6) is -7.56. The van der Waals surface area contributed by atoms with Crippen molar-refractivity contribution in [2.75, 3.05) is 20.2 Å². The molecule has 1 saturated heterocycles. The molecule has 0 bridgehead atoms. The quantitative estimate of drug-likeness (QED) is 0.0862. The largest absolute Gasteiger partial charge is 0.465 e. The van der Waals surface area contributed by atoms with E-state index in [1.54, 1.807) is 71.1 Å². The standard InChI is InChI=1S/C50H66N6O16/c1-28-20-37(21-29(2)43(28)69-32(5)59)46(62)51-24-40(68-31(4)58)44(70-33(6)60)45-42(39(67-30(3)57)22-50(71-45,47(63)65-10)66-27-35-14-12-11-13-15-35)53-41(61)26-56-25-38(54-55-56)36-18-16-34(17-19-36)23-52-48(64)72-49(7,8)9/h11-15,20-21,25,34,36,39-40,42,44-45H,16-19,22-24,26-27H2,1-10H3,(H,51,62)(H,52,64)(H,53,61)/t34?,36?,39-,40+,42+,44+,45+,50+/m0/s1. The van der Waals surface area contributed by atoms with Gasteiger partial charge in [0, 0.05) is 51.9 Å². The number of alkyl carbamates (subject to hydrolysis) is 1. The van der Waals surface area contributed by atoms with Crippen molar-refractivity contribution in [1.29, 1.82) is 0 Å². The van der Waals surface area contributed by atoms with E-state index in [1.165, 1.54) is 23.7 Å². The molecule has 1 saturated carbocycles. The van der Waals surface area contributed by atoms with Gasteiger partial charge in [-0.15, -0.1) is 5.10 Å². The number of aryl methyl sites for hydroxylation is 2. The number of nitrogens with one attached hydrogen (secondary N) is 3. The van der Waals surface area contributed by atoms with Gasteiger partial charge in [-0.3, -0.25) is 28.8 Å². The van der Waals surface area contributed by atoms with Crippen LogP contribution in [0.1, 0.15) is 119 Å². The summed E-state index contributed by atoms with van der Waals surface area (Å²) in [6, 6.07) is 10.2. The molecule has 22 nitrogen and oxygen atoms in total. The van der Waals surface area contributed by atoms with Gasteiger partial charge in [0.1, 0.15) is 30.1 Å². The van der Waals surface area contributed by atoms with Gasteiger partial charge in [0.15, 0.2) is 12.2 Å². The fourth-order valence-electron chi connectivity index (χ4n) is 8.76. The smallest absolute Gasteiger partial charge is 0.407 e. The number of carbonyl (C=O) groups is 8. The molecule has 2 heterocycles. The van der Waals surface area contributed by atoms with Crippen LogP contribution < -0.4 is 20.7 Å². The molecule has 1 aliphatic carbocycles. The highest BCUT2D eigenvalue weighted by Gasteiger charge is 2.59. The Kier molecular flexibility index (Phi) is 19.4. The number of benzene rings is 2. The van der Waals surface area contributed by atoms with Gasteiger partial charge in [-0.2, -0.15) is 0 Å². The number of hydrogen-bond acceptors (Lipinski definition) is 18. The second kappa shape index (κ2) is 24.9. The van der Waals surface area contributed by atoms with Gasteiger partial charge in [0.25, 0.3) is 11.7 Å². The van der Waals surface area contributed by atoms with Crippen LogP contribution in [0.25, 0.3) is 0 Å². The summed E-state index contributed by atoms with van der Waals surface area (Å²) in [5, 5.41) is 16.9. The fraction of sp³-hybridized carbons (Fsp3) is 0.560. The molecule has 3 N–H and O–H groups in total. The summed E-state index contributed by atoms with van der Waals surface area (Å²) < 4.78 is 47.4. The summed E-state index contributed by atoms with van der Waals surface area (Å²) in [7, 11) is 1.08. The van der Waals surface area contributed by atoms with Crippen LogP contribution in [0.3, 0.4) is 0 Å². The van der Waals surface area contributed by atoms with Gasteiger partial charge >= 0.3 is 35.9 Å². The minimum Gasteiger partial charge on any atom is -0.465 e. The molecule has 3 aromatic rings. The van der Waals surface area contributed by atoms with Crippen LogP contribution in [0.15, 0.2) is 48.7 Å². The molecule has 1 aliphatic heterocycles. The predicted octanol–water partition coefficient (Wildman–Crippen LogP) is 4.20. The van der Waals surface area contributed by atoms with E-state index >= 15 is 0 Å². The second-order valence-electron chi connectivity index (χ2n) is 19.0. The molecule has 72 heavy (non-hydrogen) atoms. The summed E-state index contributed by atoms with van der Waals surface area (Å²) in [4.78, 5) is 105. The lowest BCUT2D eigenvalue weighted by atomic mass is 9.81. The first kappa shape index (κ1) is 56.0. The molecule has 0 spiro atoms. The number of methoxy groups -OCH3 is 1. The van der Waals surface area contributed by atoms with E-state index in [0.29, 0.717) is 28.9 Å². The number of carbonyl (C=O) groups excluding carboxylic acids is 8. The zero-order valence-electron chi connectivity index (χ0n) is 42.4. The van der Waals surface area contributed by atoms with Gasteiger partial charge in [-0.05, 0) is 95.0 Å². The second-order valence-corrected chi connectivity index (χ2v) is 19.0. The van der Waals surface area contributed by atoms with E-state index in [-0.39, 0.29) is 29.8 Å². The SMILES string of the molecule is COC(=O)[C@@]1(OCc2ccccc2)C[C@H](OC(C)=O)[C@@H](NC(=O)Cn2cc(C3CCC(CNC(=O)OC(C)(C)C)CC3)nn2)[C@H]([C@H](OC(C)=O)[C@@H](CNC(=O)c2cc(C)c(OC(C)=O)c(C)c2)OC(C)=O)O1. The average Bonchev–Trinajstić information content (AvgIpc) is 3.77. The summed E-state index contributed by atoms with van der Waals surface area (Å²) in [6.45, 7) is 12.4. The molecule has 2 aromatic carbocycles. The molecular weight excluding hydrogens is 941 g/mol. The third kappa shape index (κ3) is 16.0. The van der Waals surface area contributed by atoms with Crippen LogP contribution in [0.2, 0.25) is 0 Å². The molecule has 22 heteroatoms. The lowest BCUT2D eigenvalue weighted by molar-refractivity contribution is -0.317. The molecular formula is C50H66N6O16. The Morgan fingerprint density at radius 2 is 1.51 bits per heavy atom. The van der Waals surface area contributed by atoms with Crippen LogP contribution in [0.4, 0.5) is 4.79 Å². The number of amides is 3. The maximum atomic E-state index is 14.2. The summed E-state index contributed by atoms with van der Waals surface area (Å²) in [6.07, 6.45) is -2.86. The molecule has 0 unspecified atom stereocenters. The molecule has 2 aliphatic rings. The van der Waals surface area contributed by atoms with Crippen LogP contribution in [-0.4, -0.2) is 125 Å². The molecule has 3 amide bonds. The topological polar surface area (TPSA) is 277 Å². The van der Waals surface area contributed by atoms with Crippen molar-refractivity contribution >= 4 is 47.8 Å². The number of esters is 5. The number of aromatic nitrogens is 3.